The van der Waals surface area contributed by atoms with Gasteiger partial charge in [-0.25, -0.2) is 0 Å². The molecule has 0 aromatic carbocycles. The molecule has 1 unspecified atom stereocenters. The van der Waals surface area contributed by atoms with Crippen molar-refractivity contribution >= 4 is 5.96 Å². The second-order valence-corrected chi connectivity index (χ2v) is 6.25. The summed E-state index contributed by atoms with van der Waals surface area (Å²) in [6.45, 7) is 13.5. The maximum atomic E-state index is 5.88. The average Bonchev–Trinajstić information content (AvgIpc) is 2.78. The Balaban J connectivity index is 2.18. The first-order chi connectivity index (χ1) is 8.92. The van der Waals surface area contributed by atoms with E-state index in [0.717, 1.165) is 26.2 Å². The average molecular weight is 269 g/mol. The molecule has 112 valence electrons. The lowest BCUT2D eigenvalue weighted by atomic mass is 10.1. The summed E-state index contributed by atoms with van der Waals surface area (Å²) in [7, 11) is 0. The Kier molecular flexibility index (Phi) is 6.58. The summed E-state index contributed by atoms with van der Waals surface area (Å²) < 4.78 is 0. The number of likely N-dealkylation sites (tertiary alicyclic amines) is 1. The third kappa shape index (κ3) is 6.78. The highest BCUT2D eigenvalue weighted by Crippen LogP contribution is 2.16. The van der Waals surface area contributed by atoms with E-state index in [-0.39, 0.29) is 5.54 Å². The number of likely N-dealkylation sites (N-methyl/N-ethyl adjacent to an activating group) is 1. The quantitative estimate of drug-likeness (QED) is 0.378. The van der Waals surface area contributed by atoms with Crippen molar-refractivity contribution in [2.45, 2.75) is 52.1 Å². The molecule has 1 atom stereocenters. The third-order valence-corrected chi connectivity index (χ3v) is 3.46. The minimum atomic E-state index is 0.152. The molecule has 0 aromatic rings. The fourth-order valence-electron chi connectivity index (χ4n) is 2.41. The predicted octanol–water partition coefficient (Wildman–Crippen LogP) is 0.763. The molecular formula is C14H31N5. The van der Waals surface area contributed by atoms with Crippen LogP contribution in [0, 0.1) is 0 Å². The fraction of sp³-hybridized carbons (Fsp3) is 0.929. The Bertz CT molecular complexity index is 282. The molecule has 0 amide bonds. The number of rotatable bonds is 6. The first-order valence-electron chi connectivity index (χ1n) is 7.45. The normalized spacial score (nSPS) is 21.9. The molecule has 1 aliphatic rings. The second-order valence-electron chi connectivity index (χ2n) is 6.25. The van der Waals surface area contributed by atoms with Gasteiger partial charge in [-0.15, -0.1) is 0 Å². The number of hydrogen-bond donors (Lipinski definition) is 3. The Morgan fingerprint density at radius 1 is 1.37 bits per heavy atom. The molecule has 1 fully saturated rings. The summed E-state index contributed by atoms with van der Waals surface area (Å²) in [4.78, 5) is 6.94. The topological polar surface area (TPSA) is 65.7 Å². The van der Waals surface area contributed by atoms with Gasteiger partial charge in [0.25, 0.3) is 0 Å². The van der Waals surface area contributed by atoms with Gasteiger partial charge in [-0.1, -0.05) is 6.92 Å². The molecule has 4 N–H and O–H groups in total. The van der Waals surface area contributed by atoms with Crippen LogP contribution in [-0.2, 0) is 0 Å². The van der Waals surface area contributed by atoms with Crippen LogP contribution < -0.4 is 16.4 Å². The number of hydrogen-bond acceptors (Lipinski definition) is 3. The van der Waals surface area contributed by atoms with Crippen molar-refractivity contribution < 1.29 is 0 Å². The molecule has 19 heavy (non-hydrogen) atoms. The molecule has 5 heteroatoms. The molecule has 0 spiro atoms. The highest BCUT2D eigenvalue weighted by molar-refractivity contribution is 5.77. The maximum absolute atomic E-state index is 5.88. The van der Waals surface area contributed by atoms with Crippen LogP contribution in [0.5, 0.6) is 0 Å². The van der Waals surface area contributed by atoms with Crippen molar-refractivity contribution in [2.24, 2.45) is 10.7 Å². The molecular weight excluding hydrogens is 238 g/mol. The van der Waals surface area contributed by atoms with Gasteiger partial charge in [0.05, 0.1) is 6.54 Å². The Labute approximate surface area is 118 Å². The van der Waals surface area contributed by atoms with E-state index in [0.29, 0.717) is 12.0 Å². The summed E-state index contributed by atoms with van der Waals surface area (Å²) in [5.41, 5.74) is 6.03. The van der Waals surface area contributed by atoms with Crippen LogP contribution in [-0.4, -0.2) is 55.2 Å². The summed E-state index contributed by atoms with van der Waals surface area (Å²) in [5, 5.41) is 6.57. The number of nitrogens with two attached hydrogens (primary N) is 1. The van der Waals surface area contributed by atoms with E-state index in [1.165, 1.54) is 19.4 Å². The largest absolute Gasteiger partial charge is 0.370 e. The van der Waals surface area contributed by atoms with Crippen LogP contribution >= 0.6 is 0 Å². The molecule has 0 aromatic heterocycles. The van der Waals surface area contributed by atoms with Gasteiger partial charge >= 0.3 is 0 Å². The molecule has 1 rings (SSSR count). The van der Waals surface area contributed by atoms with Crippen molar-refractivity contribution in [3.63, 3.8) is 0 Å². The van der Waals surface area contributed by atoms with Crippen LogP contribution in [0.25, 0.3) is 0 Å². The lowest BCUT2D eigenvalue weighted by Crippen LogP contribution is -2.43. The number of nitrogens with zero attached hydrogens (tertiary/aromatic N) is 2. The molecule has 5 nitrogen and oxygen atoms in total. The first-order valence-corrected chi connectivity index (χ1v) is 7.45. The van der Waals surface area contributed by atoms with E-state index in [1.807, 2.05) is 0 Å². The summed E-state index contributed by atoms with van der Waals surface area (Å²) in [5.74, 6) is 0.568. The van der Waals surface area contributed by atoms with Gasteiger partial charge in [0.2, 0.25) is 0 Å². The molecule has 1 heterocycles. The Morgan fingerprint density at radius 3 is 2.74 bits per heavy atom. The van der Waals surface area contributed by atoms with Crippen molar-refractivity contribution in [3.05, 3.63) is 0 Å². The second kappa shape index (κ2) is 7.70. The number of guanidine groups is 1. The van der Waals surface area contributed by atoms with Gasteiger partial charge < -0.3 is 16.4 Å². The molecule has 0 radical (unpaired) electrons. The van der Waals surface area contributed by atoms with Crippen LogP contribution in [0.1, 0.15) is 40.5 Å². The summed E-state index contributed by atoms with van der Waals surface area (Å²) >= 11 is 0. The van der Waals surface area contributed by atoms with Crippen molar-refractivity contribution in [1.29, 1.82) is 0 Å². The molecule has 0 saturated carbocycles. The monoisotopic (exact) mass is 269 g/mol. The number of aliphatic imine (C=N–C) groups is 1. The van der Waals surface area contributed by atoms with Gasteiger partial charge in [-0.05, 0) is 46.7 Å². The summed E-state index contributed by atoms with van der Waals surface area (Å²) in [6.07, 6.45) is 2.53. The van der Waals surface area contributed by atoms with E-state index < -0.39 is 0 Å². The number of nitrogens with one attached hydrogen (secondary N) is 2. The molecule has 0 bridgehead atoms. The lowest BCUT2D eigenvalue weighted by Gasteiger charge is -2.21. The highest BCUT2D eigenvalue weighted by atomic mass is 15.2. The van der Waals surface area contributed by atoms with Gasteiger partial charge in [0.1, 0.15) is 0 Å². The predicted molar refractivity (Wildman–Crippen MR) is 82.5 cm³/mol. The van der Waals surface area contributed by atoms with Gasteiger partial charge in [0, 0.05) is 24.7 Å². The van der Waals surface area contributed by atoms with Crippen LogP contribution in [0.4, 0.5) is 0 Å². The fourth-order valence-corrected chi connectivity index (χ4v) is 2.41. The van der Waals surface area contributed by atoms with Crippen LogP contribution in [0.3, 0.4) is 0 Å². The van der Waals surface area contributed by atoms with E-state index in [9.17, 15) is 0 Å². The zero-order valence-electron chi connectivity index (χ0n) is 13.0. The smallest absolute Gasteiger partial charge is 0.188 e. The van der Waals surface area contributed by atoms with Crippen molar-refractivity contribution in [2.75, 3.05) is 32.7 Å². The Hall–Kier alpha value is -0.810. The minimum absolute atomic E-state index is 0.152. The Morgan fingerprint density at radius 2 is 2.11 bits per heavy atom. The van der Waals surface area contributed by atoms with Crippen molar-refractivity contribution in [1.82, 2.24) is 15.5 Å². The minimum Gasteiger partial charge on any atom is -0.370 e. The van der Waals surface area contributed by atoms with E-state index in [1.54, 1.807) is 0 Å². The standard InChI is InChI=1S/C14H31N5/c1-5-19-10-6-7-12(19)11-17-13(15)16-8-9-18-14(2,3)4/h12,18H,5-11H2,1-4H3,(H3,15,16,17). The van der Waals surface area contributed by atoms with Gasteiger partial charge in [-0.2, -0.15) is 0 Å². The van der Waals surface area contributed by atoms with Crippen LogP contribution in [0.15, 0.2) is 4.99 Å². The zero-order chi connectivity index (χ0) is 14.3. The molecule has 0 aliphatic carbocycles. The third-order valence-electron chi connectivity index (χ3n) is 3.46. The van der Waals surface area contributed by atoms with Crippen molar-refractivity contribution in [3.8, 4) is 0 Å². The molecule has 1 saturated heterocycles. The van der Waals surface area contributed by atoms with Gasteiger partial charge in [-0.3, -0.25) is 9.89 Å². The maximum Gasteiger partial charge on any atom is 0.188 e. The van der Waals surface area contributed by atoms with Crippen LogP contribution in [0.2, 0.25) is 0 Å². The van der Waals surface area contributed by atoms with E-state index >= 15 is 0 Å². The highest BCUT2D eigenvalue weighted by Gasteiger charge is 2.22. The lowest BCUT2D eigenvalue weighted by molar-refractivity contribution is 0.273. The van der Waals surface area contributed by atoms with E-state index in [2.05, 4.69) is 48.2 Å². The summed E-state index contributed by atoms with van der Waals surface area (Å²) in [6, 6.07) is 0.582. The zero-order valence-corrected chi connectivity index (χ0v) is 13.0. The SMILES string of the molecule is CCN1CCCC1CN=C(N)NCCNC(C)(C)C. The first kappa shape index (κ1) is 16.2. The van der Waals surface area contributed by atoms with Gasteiger partial charge in [0.15, 0.2) is 5.96 Å². The van der Waals surface area contributed by atoms with E-state index in [4.69, 9.17) is 5.73 Å². The molecule has 1 aliphatic heterocycles.